The highest BCUT2D eigenvalue weighted by atomic mass is 79.9. The van der Waals surface area contributed by atoms with Gasteiger partial charge in [0.25, 0.3) is 0 Å². The molecule has 6 nitrogen and oxygen atoms in total. The van der Waals surface area contributed by atoms with E-state index in [1.54, 1.807) is 13.2 Å². The van der Waals surface area contributed by atoms with Crippen LogP contribution in [-0.4, -0.2) is 35.5 Å². The van der Waals surface area contributed by atoms with Crippen LogP contribution in [0, 0.1) is 0 Å². The van der Waals surface area contributed by atoms with E-state index in [2.05, 4.69) is 31.1 Å². The van der Waals surface area contributed by atoms with E-state index < -0.39 is 0 Å². The van der Waals surface area contributed by atoms with E-state index in [4.69, 9.17) is 15.2 Å². The zero-order chi connectivity index (χ0) is 13.0. The van der Waals surface area contributed by atoms with Crippen LogP contribution >= 0.6 is 15.9 Å². The third-order valence-electron chi connectivity index (χ3n) is 2.21. The number of nitrogens with two attached hydrogens (primary N) is 1. The first-order chi connectivity index (χ1) is 8.70. The Labute approximate surface area is 113 Å². The van der Waals surface area contributed by atoms with Gasteiger partial charge in [-0.2, -0.15) is 5.10 Å². The number of hydrogen-bond donors (Lipinski definition) is 2. The molecule has 3 N–H and O–H groups in total. The summed E-state index contributed by atoms with van der Waals surface area (Å²) in [5, 5.41) is 6.66. The fraction of sp³-hybridized carbons (Fsp3) is 0.273. The van der Waals surface area contributed by atoms with Crippen molar-refractivity contribution in [1.29, 1.82) is 0 Å². The Hall–Kier alpha value is -1.60. The van der Waals surface area contributed by atoms with Crippen LogP contribution in [0.5, 0.6) is 5.88 Å². The second kappa shape index (κ2) is 5.83. The Balaban J connectivity index is 2.20. The molecule has 0 spiro atoms. The first-order valence-electron chi connectivity index (χ1n) is 5.30. The van der Waals surface area contributed by atoms with E-state index in [9.17, 15) is 0 Å². The van der Waals surface area contributed by atoms with Crippen molar-refractivity contribution in [2.75, 3.05) is 26.1 Å². The molecule has 0 atom stereocenters. The number of pyridine rings is 1. The van der Waals surface area contributed by atoms with Crippen LogP contribution in [0.15, 0.2) is 22.7 Å². The minimum atomic E-state index is 0.427. The van der Waals surface area contributed by atoms with E-state index in [0.717, 1.165) is 15.9 Å². The largest absolute Gasteiger partial charge is 0.474 e. The van der Waals surface area contributed by atoms with Crippen molar-refractivity contribution in [3.63, 3.8) is 0 Å². The standard InChI is InChI=1S/C11H13BrN4O2/c1-17-4-5-18-11-7(12)2-3-8(14-11)9-6-10(13)16-15-9/h2-3,6H,4-5H2,1H3,(H3,13,15,16). The van der Waals surface area contributed by atoms with Crippen molar-refractivity contribution in [2.24, 2.45) is 0 Å². The van der Waals surface area contributed by atoms with Crippen molar-refractivity contribution in [3.05, 3.63) is 22.7 Å². The van der Waals surface area contributed by atoms with Crippen molar-refractivity contribution in [3.8, 4) is 17.3 Å². The molecule has 0 saturated carbocycles. The molecular weight excluding hydrogens is 300 g/mol. The van der Waals surface area contributed by atoms with Crippen molar-refractivity contribution in [1.82, 2.24) is 15.2 Å². The number of aromatic nitrogens is 3. The predicted molar refractivity (Wildman–Crippen MR) is 71.3 cm³/mol. The number of nitrogens with zero attached hydrogens (tertiary/aromatic N) is 2. The number of anilines is 1. The maximum Gasteiger partial charge on any atom is 0.228 e. The monoisotopic (exact) mass is 312 g/mol. The highest BCUT2D eigenvalue weighted by Crippen LogP contribution is 2.26. The lowest BCUT2D eigenvalue weighted by molar-refractivity contribution is 0.143. The summed E-state index contributed by atoms with van der Waals surface area (Å²) in [6.45, 7) is 0.950. The molecule has 0 aliphatic rings. The second-order valence-corrected chi connectivity index (χ2v) is 4.39. The summed E-state index contributed by atoms with van der Waals surface area (Å²) in [4.78, 5) is 4.38. The molecular formula is C11H13BrN4O2. The molecule has 2 rings (SSSR count). The summed E-state index contributed by atoms with van der Waals surface area (Å²) < 4.78 is 11.2. The van der Waals surface area contributed by atoms with Crippen LogP contribution in [-0.2, 0) is 4.74 Å². The van der Waals surface area contributed by atoms with E-state index in [0.29, 0.717) is 24.9 Å². The average Bonchev–Trinajstić information content (AvgIpc) is 2.78. The normalized spacial score (nSPS) is 10.6. The summed E-state index contributed by atoms with van der Waals surface area (Å²) in [5.74, 6) is 0.939. The highest BCUT2D eigenvalue weighted by Gasteiger charge is 2.08. The van der Waals surface area contributed by atoms with Gasteiger partial charge in [-0.15, -0.1) is 0 Å². The molecule has 0 saturated heterocycles. The Morgan fingerprint density at radius 1 is 1.39 bits per heavy atom. The number of hydrogen-bond acceptors (Lipinski definition) is 5. The quantitative estimate of drug-likeness (QED) is 0.823. The van der Waals surface area contributed by atoms with Crippen LogP contribution in [0.3, 0.4) is 0 Å². The number of rotatable bonds is 5. The zero-order valence-electron chi connectivity index (χ0n) is 9.81. The van der Waals surface area contributed by atoms with E-state index in [1.807, 2.05) is 12.1 Å². The molecule has 0 aliphatic heterocycles. The lowest BCUT2D eigenvalue weighted by atomic mass is 10.3. The number of methoxy groups -OCH3 is 1. The highest BCUT2D eigenvalue weighted by molar-refractivity contribution is 9.10. The smallest absolute Gasteiger partial charge is 0.228 e. The molecule has 0 radical (unpaired) electrons. The van der Waals surface area contributed by atoms with Crippen LogP contribution < -0.4 is 10.5 Å². The van der Waals surface area contributed by atoms with Gasteiger partial charge in [0.15, 0.2) is 0 Å². The molecule has 2 aromatic rings. The molecule has 0 amide bonds. The zero-order valence-corrected chi connectivity index (χ0v) is 11.4. The summed E-state index contributed by atoms with van der Waals surface area (Å²) in [5.41, 5.74) is 7.02. The van der Waals surface area contributed by atoms with Crippen LogP contribution in [0.1, 0.15) is 0 Å². The topological polar surface area (TPSA) is 86.1 Å². The molecule has 0 bridgehead atoms. The predicted octanol–water partition coefficient (Wildman–Crippen LogP) is 1.84. The van der Waals surface area contributed by atoms with E-state index in [-0.39, 0.29) is 0 Å². The van der Waals surface area contributed by atoms with Crippen LogP contribution in [0.4, 0.5) is 5.82 Å². The number of aromatic amines is 1. The summed E-state index contributed by atoms with van der Waals surface area (Å²) in [6, 6.07) is 5.43. The lowest BCUT2D eigenvalue weighted by Crippen LogP contribution is -2.06. The molecule has 2 aromatic heterocycles. The van der Waals surface area contributed by atoms with E-state index in [1.165, 1.54) is 0 Å². The summed E-state index contributed by atoms with van der Waals surface area (Å²) in [6.07, 6.45) is 0. The molecule has 0 aliphatic carbocycles. The number of nitrogens with one attached hydrogen (secondary N) is 1. The van der Waals surface area contributed by atoms with Gasteiger partial charge in [-0.25, -0.2) is 4.98 Å². The SMILES string of the molecule is COCCOc1nc(-c2cc(N)n[nH]2)ccc1Br. The average molecular weight is 313 g/mol. The molecule has 0 unspecified atom stereocenters. The first kappa shape index (κ1) is 12.8. The number of H-pyrrole nitrogens is 1. The molecule has 7 heteroatoms. The maximum atomic E-state index is 5.55. The van der Waals surface area contributed by atoms with Crippen molar-refractivity contribution in [2.45, 2.75) is 0 Å². The number of ether oxygens (including phenoxy) is 2. The fourth-order valence-corrected chi connectivity index (χ4v) is 1.70. The van der Waals surface area contributed by atoms with Gasteiger partial charge in [0.1, 0.15) is 12.4 Å². The van der Waals surface area contributed by atoms with Gasteiger partial charge in [0.2, 0.25) is 5.88 Å². The van der Waals surface area contributed by atoms with Gasteiger partial charge >= 0.3 is 0 Å². The lowest BCUT2D eigenvalue weighted by Gasteiger charge is -2.07. The Bertz CT molecular complexity index is 530. The molecule has 96 valence electrons. The van der Waals surface area contributed by atoms with Gasteiger partial charge < -0.3 is 15.2 Å². The van der Waals surface area contributed by atoms with Gasteiger partial charge in [0, 0.05) is 13.2 Å². The van der Waals surface area contributed by atoms with Crippen LogP contribution in [0.25, 0.3) is 11.4 Å². The number of halogens is 1. The molecule has 0 aromatic carbocycles. The van der Waals surface area contributed by atoms with Gasteiger partial charge in [-0.3, -0.25) is 5.10 Å². The van der Waals surface area contributed by atoms with Crippen molar-refractivity contribution >= 4 is 21.7 Å². The minimum absolute atomic E-state index is 0.427. The van der Waals surface area contributed by atoms with Gasteiger partial charge in [-0.05, 0) is 28.1 Å². The Morgan fingerprint density at radius 2 is 2.22 bits per heavy atom. The molecule has 2 heterocycles. The second-order valence-electron chi connectivity index (χ2n) is 3.53. The minimum Gasteiger partial charge on any atom is -0.474 e. The number of nitrogen functional groups attached to an aromatic ring is 1. The van der Waals surface area contributed by atoms with Gasteiger partial charge in [0.05, 0.1) is 22.5 Å². The van der Waals surface area contributed by atoms with Crippen LogP contribution in [0.2, 0.25) is 0 Å². The van der Waals surface area contributed by atoms with Crippen molar-refractivity contribution < 1.29 is 9.47 Å². The third-order valence-corrected chi connectivity index (χ3v) is 2.82. The molecule has 18 heavy (non-hydrogen) atoms. The third kappa shape index (κ3) is 2.99. The molecule has 0 fully saturated rings. The first-order valence-corrected chi connectivity index (χ1v) is 6.09. The summed E-state index contributed by atoms with van der Waals surface area (Å²) in [7, 11) is 1.62. The maximum absolute atomic E-state index is 5.55. The fourth-order valence-electron chi connectivity index (χ4n) is 1.36. The van der Waals surface area contributed by atoms with E-state index >= 15 is 0 Å². The Morgan fingerprint density at radius 3 is 2.89 bits per heavy atom. The summed E-state index contributed by atoms with van der Waals surface area (Å²) >= 11 is 3.38. The van der Waals surface area contributed by atoms with Gasteiger partial charge in [-0.1, -0.05) is 0 Å². The Kier molecular flexibility index (Phi) is 4.16.